The third-order valence-electron chi connectivity index (χ3n) is 3.90. The monoisotopic (exact) mass is 351 g/mol. The maximum Gasteiger partial charge on any atom is 0.407 e. The Labute approximate surface area is 152 Å². The first-order chi connectivity index (χ1) is 12.7. The minimum Gasteiger partial charge on any atom is -0.445 e. The molecular weight excluding hydrogens is 330 g/mol. The molecule has 6 heteroatoms. The highest BCUT2D eigenvalue weighted by molar-refractivity contribution is 5.67. The fraction of sp³-hybridized carbons (Fsp3) is 0.200. The first-order valence-corrected chi connectivity index (χ1v) is 8.37. The molecule has 134 valence electrons. The molecule has 0 unspecified atom stereocenters. The fourth-order valence-corrected chi connectivity index (χ4v) is 2.38. The molecule has 0 aliphatic rings. The van der Waals surface area contributed by atoms with Crippen LogP contribution in [-0.2, 0) is 24.5 Å². The molecule has 0 saturated heterocycles. The van der Waals surface area contributed by atoms with Crippen molar-refractivity contribution >= 4 is 6.09 Å². The molecule has 0 spiro atoms. The SMILES string of the molecule is Cc1c(CNC(=O)OCc2ccccc2)cnn1OCc1ccccc1. The van der Waals surface area contributed by atoms with Crippen molar-refractivity contribution in [2.75, 3.05) is 0 Å². The van der Waals surface area contributed by atoms with Crippen LogP contribution in [0.2, 0.25) is 0 Å². The normalized spacial score (nSPS) is 10.3. The van der Waals surface area contributed by atoms with Gasteiger partial charge in [0.05, 0.1) is 11.9 Å². The van der Waals surface area contributed by atoms with Crippen molar-refractivity contribution in [2.45, 2.75) is 26.7 Å². The van der Waals surface area contributed by atoms with Crippen LogP contribution in [0.15, 0.2) is 66.9 Å². The van der Waals surface area contributed by atoms with Gasteiger partial charge in [-0.3, -0.25) is 0 Å². The van der Waals surface area contributed by atoms with E-state index in [1.54, 1.807) is 6.20 Å². The summed E-state index contributed by atoms with van der Waals surface area (Å²) in [7, 11) is 0. The molecule has 0 fully saturated rings. The molecule has 0 bridgehead atoms. The van der Waals surface area contributed by atoms with Crippen LogP contribution in [0.25, 0.3) is 0 Å². The standard InChI is InChI=1S/C20H21N3O3/c1-16-19(12-21-20(24)25-14-17-8-4-2-5-9-17)13-22-23(16)26-15-18-10-6-3-7-11-18/h2-11,13H,12,14-15H2,1H3,(H,21,24). The van der Waals surface area contributed by atoms with Crippen LogP contribution in [0.4, 0.5) is 4.79 Å². The molecule has 1 heterocycles. The molecule has 1 aromatic heterocycles. The summed E-state index contributed by atoms with van der Waals surface area (Å²) in [6, 6.07) is 19.4. The molecule has 0 aliphatic heterocycles. The number of nitrogens with zero attached hydrogens (tertiary/aromatic N) is 2. The van der Waals surface area contributed by atoms with Crippen molar-refractivity contribution in [3.8, 4) is 0 Å². The molecule has 3 aromatic rings. The Kier molecular flexibility index (Phi) is 5.88. The zero-order valence-electron chi connectivity index (χ0n) is 14.6. The van der Waals surface area contributed by atoms with Gasteiger partial charge in [-0.2, -0.15) is 0 Å². The highest BCUT2D eigenvalue weighted by Crippen LogP contribution is 2.07. The zero-order valence-corrected chi connectivity index (χ0v) is 14.6. The average molecular weight is 351 g/mol. The number of carbonyl (C=O) groups is 1. The number of carbonyl (C=O) groups excluding carboxylic acids is 1. The summed E-state index contributed by atoms with van der Waals surface area (Å²) >= 11 is 0. The molecule has 0 saturated carbocycles. The van der Waals surface area contributed by atoms with E-state index < -0.39 is 6.09 Å². The van der Waals surface area contributed by atoms with Crippen molar-refractivity contribution < 1.29 is 14.4 Å². The molecular formula is C20H21N3O3. The first-order valence-electron chi connectivity index (χ1n) is 8.37. The first kappa shape index (κ1) is 17.5. The van der Waals surface area contributed by atoms with Gasteiger partial charge in [0.2, 0.25) is 0 Å². The maximum atomic E-state index is 11.8. The summed E-state index contributed by atoms with van der Waals surface area (Å²) in [6.07, 6.45) is 1.21. The van der Waals surface area contributed by atoms with Crippen LogP contribution >= 0.6 is 0 Å². The van der Waals surface area contributed by atoms with Crippen molar-refractivity contribution in [3.05, 3.63) is 89.2 Å². The van der Waals surface area contributed by atoms with Crippen LogP contribution in [0.5, 0.6) is 0 Å². The summed E-state index contributed by atoms with van der Waals surface area (Å²) in [6.45, 7) is 2.89. The van der Waals surface area contributed by atoms with Crippen molar-refractivity contribution in [2.24, 2.45) is 0 Å². The third-order valence-corrected chi connectivity index (χ3v) is 3.90. The lowest BCUT2D eigenvalue weighted by Gasteiger charge is -2.09. The smallest absolute Gasteiger partial charge is 0.407 e. The van der Waals surface area contributed by atoms with Gasteiger partial charge >= 0.3 is 6.09 Å². The quantitative estimate of drug-likeness (QED) is 0.710. The van der Waals surface area contributed by atoms with Gasteiger partial charge in [0.15, 0.2) is 0 Å². The predicted molar refractivity (Wildman–Crippen MR) is 97.2 cm³/mol. The molecule has 26 heavy (non-hydrogen) atoms. The average Bonchev–Trinajstić information content (AvgIpc) is 3.04. The Balaban J connectivity index is 1.46. The van der Waals surface area contributed by atoms with Gasteiger partial charge in [0.25, 0.3) is 0 Å². The topological polar surface area (TPSA) is 65.4 Å². The highest BCUT2D eigenvalue weighted by atomic mass is 16.7. The van der Waals surface area contributed by atoms with Crippen LogP contribution in [0.3, 0.4) is 0 Å². The lowest BCUT2D eigenvalue weighted by molar-refractivity contribution is 0.0655. The van der Waals surface area contributed by atoms with Crippen LogP contribution < -0.4 is 10.2 Å². The minimum absolute atomic E-state index is 0.241. The van der Waals surface area contributed by atoms with E-state index in [2.05, 4.69) is 10.4 Å². The van der Waals surface area contributed by atoms with Gasteiger partial charge in [0.1, 0.15) is 13.2 Å². The third kappa shape index (κ3) is 4.86. The Morgan fingerprint density at radius 3 is 2.27 bits per heavy atom. The second kappa shape index (κ2) is 8.71. The van der Waals surface area contributed by atoms with Crippen LogP contribution in [0.1, 0.15) is 22.4 Å². The Hall–Kier alpha value is -3.28. The Morgan fingerprint density at radius 2 is 1.62 bits per heavy atom. The van der Waals surface area contributed by atoms with E-state index in [0.29, 0.717) is 13.2 Å². The van der Waals surface area contributed by atoms with E-state index in [0.717, 1.165) is 22.4 Å². The molecule has 2 aromatic carbocycles. The lowest BCUT2D eigenvalue weighted by atomic mass is 10.2. The number of benzene rings is 2. The number of hydrogen-bond donors (Lipinski definition) is 1. The number of aromatic nitrogens is 2. The molecule has 1 N–H and O–H groups in total. The summed E-state index contributed by atoms with van der Waals surface area (Å²) in [5.41, 5.74) is 3.71. The Morgan fingerprint density at radius 1 is 1.00 bits per heavy atom. The summed E-state index contributed by atoms with van der Waals surface area (Å²) < 4.78 is 5.19. The van der Waals surface area contributed by atoms with E-state index in [-0.39, 0.29) is 6.61 Å². The van der Waals surface area contributed by atoms with Gasteiger partial charge in [-0.1, -0.05) is 60.7 Å². The van der Waals surface area contributed by atoms with Gasteiger partial charge in [-0.25, -0.2) is 4.79 Å². The molecule has 0 atom stereocenters. The predicted octanol–water partition coefficient (Wildman–Crippen LogP) is 3.25. The molecule has 6 nitrogen and oxygen atoms in total. The number of nitrogens with one attached hydrogen (secondary N) is 1. The number of rotatable bonds is 7. The second-order valence-corrected chi connectivity index (χ2v) is 5.80. The highest BCUT2D eigenvalue weighted by Gasteiger charge is 2.10. The van der Waals surface area contributed by atoms with Gasteiger partial charge in [0, 0.05) is 12.1 Å². The Bertz CT molecular complexity index is 832. The molecule has 3 rings (SSSR count). The van der Waals surface area contributed by atoms with Crippen LogP contribution in [-0.4, -0.2) is 16.0 Å². The molecule has 0 radical (unpaired) electrons. The van der Waals surface area contributed by atoms with E-state index in [4.69, 9.17) is 9.57 Å². The zero-order chi connectivity index (χ0) is 18.2. The summed E-state index contributed by atoms with van der Waals surface area (Å²) in [4.78, 5) is 19.0. The van der Waals surface area contributed by atoms with Crippen molar-refractivity contribution in [3.63, 3.8) is 0 Å². The lowest BCUT2D eigenvalue weighted by Crippen LogP contribution is -2.24. The van der Waals surface area contributed by atoms with Gasteiger partial charge < -0.3 is 14.9 Å². The number of alkyl carbamates (subject to hydrolysis) is 1. The van der Waals surface area contributed by atoms with E-state index in [1.165, 1.54) is 4.85 Å². The maximum absolute atomic E-state index is 11.8. The van der Waals surface area contributed by atoms with Crippen molar-refractivity contribution in [1.82, 2.24) is 15.3 Å². The second-order valence-electron chi connectivity index (χ2n) is 5.80. The minimum atomic E-state index is -0.466. The largest absolute Gasteiger partial charge is 0.445 e. The molecule has 1 amide bonds. The van der Waals surface area contributed by atoms with E-state index in [1.807, 2.05) is 67.6 Å². The fourth-order valence-electron chi connectivity index (χ4n) is 2.38. The van der Waals surface area contributed by atoms with E-state index >= 15 is 0 Å². The van der Waals surface area contributed by atoms with Gasteiger partial charge in [-0.05, 0) is 18.1 Å². The number of hydrogen-bond acceptors (Lipinski definition) is 4. The number of amides is 1. The van der Waals surface area contributed by atoms with E-state index in [9.17, 15) is 4.79 Å². The van der Waals surface area contributed by atoms with Gasteiger partial charge in [-0.15, -0.1) is 9.94 Å². The summed E-state index contributed by atoms with van der Waals surface area (Å²) in [5, 5.41) is 6.93. The van der Waals surface area contributed by atoms with Crippen molar-refractivity contribution in [1.29, 1.82) is 0 Å². The number of ether oxygens (including phenoxy) is 1. The van der Waals surface area contributed by atoms with Crippen LogP contribution in [0, 0.1) is 6.92 Å². The summed E-state index contributed by atoms with van der Waals surface area (Å²) in [5.74, 6) is 0. The molecule has 0 aliphatic carbocycles.